The molecule has 0 saturated carbocycles. The topological polar surface area (TPSA) is 38.3 Å². The number of fused-ring (bicyclic) bond motifs is 1. The first kappa shape index (κ1) is 16.4. The van der Waals surface area contributed by atoms with Crippen molar-refractivity contribution >= 4 is 17.4 Å². The molecular weight excluding hydrogens is 355 g/mol. The molecule has 1 unspecified atom stereocenters. The number of halogens is 4. The van der Waals surface area contributed by atoms with E-state index in [4.69, 9.17) is 16.3 Å². The van der Waals surface area contributed by atoms with Gasteiger partial charge in [-0.15, -0.1) is 0 Å². The van der Waals surface area contributed by atoms with Gasteiger partial charge in [0.25, 0.3) is 5.92 Å². The van der Waals surface area contributed by atoms with E-state index in [2.05, 4.69) is 9.97 Å². The largest absolute Gasteiger partial charge is 0.463 e. The van der Waals surface area contributed by atoms with Crippen molar-refractivity contribution in [1.82, 2.24) is 9.97 Å². The zero-order chi connectivity index (χ0) is 17.6. The number of nitrogens with zero attached hydrogens (tertiary/aromatic N) is 3. The molecule has 1 aliphatic heterocycles. The summed E-state index contributed by atoms with van der Waals surface area (Å²) in [4.78, 5) is 10.1. The molecule has 0 N–H and O–H groups in total. The van der Waals surface area contributed by atoms with E-state index in [9.17, 15) is 13.2 Å². The molecule has 132 valence electrons. The molecule has 1 atom stereocenters. The highest BCUT2D eigenvalue weighted by molar-refractivity contribution is 6.28. The van der Waals surface area contributed by atoms with Crippen LogP contribution in [0.1, 0.15) is 29.2 Å². The van der Waals surface area contributed by atoms with Crippen LogP contribution in [0.2, 0.25) is 5.28 Å². The van der Waals surface area contributed by atoms with E-state index >= 15 is 0 Å². The number of aromatic nitrogens is 2. The van der Waals surface area contributed by atoms with Crippen LogP contribution < -0.4 is 9.64 Å². The van der Waals surface area contributed by atoms with Gasteiger partial charge in [-0.25, -0.2) is 23.1 Å². The van der Waals surface area contributed by atoms with Gasteiger partial charge in [0.2, 0.25) is 12.1 Å². The van der Waals surface area contributed by atoms with E-state index in [0.29, 0.717) is 18.0 Å². The zero-order valence-electron chi connectivity index (χ0n) is 13.2. The molecule has 2 aliphatic rings. The summed E-state index contributed by atoms with van der Waals surface area (Å²) in [5, 5.41) is 0.0632. The van der Waals surface area contributed by atoms with Crippen molar-refractivity contribution in [2.45, 2.75) is 24.7 Å². The van der Waals surface area contributed by atoms with E-state index in [0.717, 1.165) is 23.2 Å². The third-order valence-corrected chi connectivity index (χ3v) is 4.82. The maximum atomic E-state index is 13.2. The minimum absolute atomic E-state index is 0.00969. The van der Waals surface area contributed by atoms with Crippen LogP contribution in [0.5, 0.6) is 5.75 Å². The Morgan fingerprint density at radius 2 is 1.92 bits per heavy atom. The Kier molecular flexibility index (Phi) is 3.98. The zero-order valence-corrected chi connectivity index (χ0v) is 13.9. The summed E-state index contributed by atoms with van der Waals surface area (Å²) >= 11 is 6.05. The van der Waals surface area contributed by atoms with Crippen LogP contribution in [0.3, 0.4) is 0 Å². The van der Waals surface area contributed by atoms with Crippen molar-refractivity contribution in [2.75, 3.05) is 24.9 Å². The lowest BCUT2D eigenvalue weighted by atomic mass is 9.96. The van der Waals surface area contributed by atoms with Gasteiger partial charge in [0.1, 0.15) is 11.6 Å². The molecular formula is C17H15ClF3N3O. The summed E-state index contributed by atoms with van der Waals surface area (Å²) in [5.41, 5.74) is 2.66. The molecule has 0 bridgehead atoms. The molecule has 0 radical (unpaired) electrons. The summed E-state index contributed by atoms with van der Waals surface area (Å²) in [6, 6.07) is 7.12. The van der Waals surface area contributed by atoms with E-state index in [1.54, 1.807) is 17.0 Å². The first-order valence-corrected chi connectivity index (χ1v) is 8.32. The first-order chi connectivity index (χ1) is 12.0. The highest BCUT2D eigenvalue weighted by Gasteiger charge is 2.46. The number of hydrogen-bond acceptors (Lipinski definition) is 4. The number of hydrogen-bond donors (Lipinski definition) is 0. The summed E-state index contributed by atoms with van der Waals surface area (Å²) in [7, 11) is 0. The second-order valence-corrected chi connectivity index (χ2v) is 6.64. The smallest absolute Gasteiger partial charge is 0.282 e. The van der Waals surface area contributed by atoms with E-state index in [1.807, 2.05) is 12.1 Å². The van der Waals surface area contributed by atoms with Gasteiger partial charge in [-0.2, -0.15) is 0 Å². The Hall–Kier alpha value is -2.02. The number of benzene rings is 1. The Balaban J connectivity index is 1.65. The van der Waals surface area contributed by atoms with Crippen LogP contribution in [0, 0.1) is 0 Å². The van der Waals surface area contributed by atoms with E-state index in [-0.39, 0.29) is 24.3 Å². The number of ether oxygens (including phenoxy) is 1. The van der Waals surface area contributed by atoms with Crippen LogP contribution in [0.4, 0.5) is 19.0 Å². The molecule has 1 aliphatic carbocycles. The summed E-state index contributed by atoms with van der Waals surface area (Å²) in [6.07, 6.45) is 1.50. The molecule has 4 nitrogen and oxygen atoms in total. The van der Waals surface area contributed by atoms with Gasteiger partial charge in [-0.05, 0) is 42.1 Å². The highest BCUT2D eigenvalue weighted by Crippen LogP contribution is 2.43. The van der Waals surface area contributed by atoms with Gasteiger partial charge < -0.3 is 9.64 Å². The Morgan fingerprint density at radius 1 is 1.20 bits per heavy atom. The average Bonchev–Trinajstić information content (AvgIpc) is 2.96. The van der Waals surface area contributed by atoms with Crippen molar-refractivity contribution in [2.24, 2.45) is 0 Å². The van der Waals surface area contributed by atoms with Gasteiger partial charge in [0, 0.05) is 11.5 Å². The predicted molar refractivity (Wildman–Crippen MR) is 87.4 cm³/mol. The Morgan fingerprint density at radius 3 is 2.56 bits per heavy atom. The number of anilines is 1. The highest BCUT2D eigenvalue weighted by atomic mass is 35.5. The minimum Gasteiger partial charge on any atom is -0.463 e. The van der Waals surface area contributed by atoms with Crippen molar-refractivity contribution in [3.05, 3.63) is 46.4 Å². The van der Waals surface area contributed by atoms with Crippen molar-refractivity contribution in [3.8, 4) is 5.75 Å². The fourth-order valence-electron chi connectivity index (χ4n) is 3.52. The SMILES string of the molecule is FCOc1ccc(C2CCc3c2nc(Cl)nc3N2CC(F)(F)C2)cc1. The third-order valence-electron chi connectivity index (χ3n) is 4.65. The summed E-state index contributed by atoms with van der Waals surface area (Å²) in [5.74, 6) is -1.70. The molecule has 2 heterocycles. The average molecular weight is 370 g/mol. The number of rotatable bonds is 4. The van der Waals surface area contributed by atoms with E-state index < -0.39 is 12.8 Å². The summed E-state index contributed by atoms with van der Waals surface area (Å²) in [6.45, 7) is -1.56. The van der Waals surface area contributed by atoms with Crippen LogP contribution in [0.25, 0.3) is 0 Å². The maximum absolute atomic E-state index is 13.2. The molecule has 8 heteroatoms. The lowest BCUT2D eigenvalue weighted by Gasteiger charge is -2.40. The van der Waals surface area contributed by atoms with Gasteiger partial charge >= 0.3 is 0 Å². The molecule has 0 spiro atoms. The predicted octanol–water partition coefficient (Wildman–Crippen LogP) is 3.97. The summed E-state index contributed by atoms with van der Waals surface area (Å²) < 4.78 is 43.5. The maximum Gasteiger partial charge on any atom is 0.282 e. The molecule has 1 aromatic carbocycles. The lowest BCUT2D eigenvalue weighted by molar-refractivity contribution is -0.0267. The second kappa shape index (κ2) is 6.05. The van der Waals surface area contributed by atoms with Crippen molar-refractivity contribution in [3.63, 3.8) is 0 Å². The lowest BCUT2D eigenvalue weighted by Crippen LogP contribution is -2.57. The molecule has 1 saturated heterocycles. The quantitative estimate of drug-likeness (QED) is 0.764. The van der Waals surface area contributed by atoms with Gasteiger partial charge in [0.05, 0.1) is 18.8 Å². The van der Waals surface area contributed by atoms with Crippen molar-refractivity contribution in [1.29, 1.82) is 0 Å². The third kappa shape index (κ3) is 3.01. The molecule has 2 aromatic rings. The Bertz CT molecular complexity index is 792. The first-order valence-electron chi connectivity index (χ1n) is 7.95. The molecule has 1 aromatic heterocycles. The van der Waals surface area contributed by atoms with Crippen LogP contribution in [0.15, 0.2) is 24.3 Å². The second-order valence-electron chi connectivity index (χ2n) is 6.31. The molecule has 4 rings (SSSR count). The fraction of sp³-hybridized carbons (Fsp3) is 0.412. The normalized spacial score (nSPS) is 21.0. The van der Waals surface area contributed by atoms with E-state index in [1.165, 1.54) is 0 Å². The van der Waals surface area contributed by atoms with Crippen LogP contribution in [-0.2, 0) is 6.42 Å². The van der Waals surface area contributed by atoms with Gasteiger partial charge in [-0.1, -0.05) is 12.1 Å². The Labute approximate surface area is 147 Å². The van der Waals surface area contributed by atoms with Gasteiger partial charge in [0.15, 0.2) is 0 Å². The standard InChI is InChI=1S/C17H15ClF3N3O/c18-16-22-14-12(10-1-3-11(4-2-10)25-9-19)5-6-13(14)15(23-16)24-7-17(20,21)8-24/h1-4,12H,5-9H2. The van der Waals surface area contributed by atoms with Gasteiger partial charge in [-0.3, -0.25) is 0 Å². The molecule has 25 heavy (non-hydrogen) atoms. The number of alkyl halides is 3. The van der Waals surface area contributed by atoms with Crippen molar-refractivity contribution < 1.29 is 17.9 Å². The molecule has 1 fully saturated rings. The monoisotopic (exact) mass is 369 g/mol. The fourth-order valence-corrected chi connectivity index (χ4v) is 3.69. The van der Waals surface area contributed by atoms with Crippen LogP contribution in [-0.4, -0.2) is 35.8 Å². The molecule has 0 amide bonds. The minimum atomic E-state index is -2.67. The van der Waals surface area contributed by atoms with Crippen LogP contribution >= 0.6 is 11.6 Å².